The molecule has 0 aromatic heterocycles. The number of primary amides is 1. The molecule has 5 heteroatoms. The molecule has 18 heavy (non-hydrogen) atoms. The van der Waals surface area contributed by atoms with Gasteiger partial charge in [-0.3, -0.25) is 4.90 Å². The lowest BCUT2D eigenvalue weighted by Gasteiger charge is -2.21. The Bertz CT molecular complexity index is 537. The normalized spacial score (nSPS) is 10.0. The van der Waals surface area contributed by atoms with Crippen LogP contribution in [0, 0.1) is 0 Å². The molecule has 6 N–H and O–H groups in total. The van der Waals surface area contributed by atoms with Crippen molar-refractivity contribution in [3.05, 3.63) is 48.5 Å². The van der Waals surface area contributed by atoms with Crippen molar-refractivity contribution < 1.29 is 4.79 Å². The molecule has 2 rings (SSSR count). The summed E-state index contributed by atoms with van der Waals surface area (Å²) in [5, 5.41) is 0. The molecular weight excluding hydrogens is 228 g/mol. The highest BCUT2D eigenvalue weighted by Crippen LogP contribution is 2.27. The lowest BCUT2D eigenvalue weighted by molar-refractivity contribution is 0.256. The molecule has 0 bridgehead atoms. The van der Waals surface area contributed by atoms with Crippen LogP contribution in [0.5, 0.6) is 0 Å². The highest BCUT2D eigenvalue weighted by atomic mass is 16.2. The van der Waals surface area contributed by atoms with Crippen molar-refractivity contribution >= 4 is 28.8 Å². The number of carbonyl (C=O) groups is 1. The first-order valence-electron chi connectivity index (χ1n) is 5.38. The summed E-state index contributed by atoms with van der Waals surface area (Å²) in [5.41, 5.74) is 19.1. The largest absolute Gasteiger partial charge is 0.399 e. The minimum atomic E-state index is -0.591. The second-order valence-corrected chi connectivity index (χ2v) is 3.86. The third-order valence-electron chi connectivity index (χ3n) is 2.48. The summed E-state index contributed by atoms with van der Waals surface area (Å²) in [6.45, 7) is 0. The number of anilines is 4. The van der Waals surface area contributed by atoms with E-state index in [0.717, 1.165) is 0 Å². The Kier molecular flexibility index (Phi) is 3.05. The Hall–Kier alpha value is -2.69. The molecule has 0 saturated carbocycles. The van der Waals surface area contributed by atoms with Gasteiger partial charge in [-0.2, -0.15) is 0 Å². The van der Waals surface area contributed by atoms with Crippen LogP contribution in [0.3, 0.4) is 0 Å². The summed E-state index contributed by atoms with van der Waals surface area (Å²) in [6, 6.07) is 13.3. The van der Waals surface area contributed by atoms with Gasteiger partial charge < -0.3 is 17.2 Å². The van der Waals surface area contributed by atoms with Crippen LogP contribution in [0.15, 0.2) is 48.5 Å². The molecule has 0 unspecified atom stereocenters. The lowest BCUT2D eigenvalue weighted by Crippen LogP contribution is -2.31. The monoisotopic (exact) mass is 242 g/mol. The molecular formula is C13H14N4O. The molecule has 0 saturated heterocycles. The average molecular weight is 242 g/mol. The van der Waals surface area contributed by atoms with E-state index in [-0.39, 0.29) is 0 Å². The fourth-order valence-corrected chi connectivity index (χ4v) is 1.73. The molecule has 0 aliphatic rings. The standard InChI is InChI=1S/C13H14N4O/c14-9-3-1-5-11(7-9)17(13(16)18)12-6-2-4-10(15)8-12/h1-8H,14-15H2,(H2,16,18). The van der Waals surface area contributed by atoms with E-state index in [2.05, 4.69) is 0 Å². The van der Waals surface area contributed by atoms with Gasteiger partial charge in [-0.15, -0.1) is 0 Å². The Morgan fingerprint density at radius 3 is 1.67 bits per heavy atom. The summed E-state index contributed by atoms with van der Waals surface area (Å²) < 4.78 is 0. The van der Waals surface area contributed by atoms with E-state index < -0.39 is 6.03 Å². The van der Waals surface area contributed by atoms with Crippen LogP contribution in [-0.4, -0.2) is 6.03 Å². The molecule has 0 fully saturated rings. The first-order chi connectivity index (χ1) is 8.58. The first kappa shape index (κ1) is 11.8. The van der Waals surface area contributed by atoms with Gasteiger partial charge in [-0.25, -0.2) is 4.79 Å². The molecule has 92 valence electrons. The van der Waals surface area contributed by atoms with E-state index in [4.69, 9.17) is 17.2 Å². The molecule has 2 aromatic carbocycles. The zero-order valence-electron chi connectivity index (χ0n) is 9.71. The second kappa shape index (κ2) is 4.67. The van der Waals surface area contributed by atoms with Gasteiger partial charge in [-0.1, -0.05) is 12.1 Å². The maximum Gasteiger partial charge on any atom is 0.323 e. The summed E-state index contributed by atoms with van der Waals surface area (Å²) in [6.07, 6.45) is 0. The SMILES string of the molecule is NC(=O)N(c1cccc(N)c1)c1cccc(N)c1. The van der Waals surface area contributed by atoms with Crippen LogP contribution < -0.4 is 22.1 Å². The number of amides is 2. The molecule has 0 atom stereocenters. The van der Waals surface area contributed by atoms with Crippen molar-refractivity contribution in [2.24, 2.45) is 5.73 Å². The quantitative estimate of drug-likeness (QED) is 0.703. The van der Waals surface area contributed by atoms with Gasteiger partial charge in [0.25, 0.3) is 0 Å². The molecule has 0 heterocycles. The van der Waals surface area contributed by atoms with Crippen molar-refractivity contribution in [1.29, 1.82) is 0 Å². The molecule has 2 amide bonds. The van der Waals surface area contributed by atoms with Crippen molar-refractivity contribution in [3.8, 4) is 0 Å². The van der Waals surface area contributed by atoms with Crippen LogP contribution in [-0.2, 0) is 0 Å². The van der Waals surface area contributed by atoms with E-state index in [0.29, 0.717) is 22.7 Å². The van der Waals surface area contributed by atoms with Crippen molar-refractivity contribution in [3.63, 3.8) is 0 Å². The van der Waals surface area contributed by atoms with Crippen LogP contribution in [0.1, 0.15) is 0 Å². The Morgan fingerprint density at radius 2 is 1.33 bits per heavy atom. The molecule has 0 aliphatic heterocycles. The number of carbonyl (C=O) groups excluding carboxylic acids is 1. The predicted octanol–water partition coefficient (Wildman–Crippen LogP) is 2.07. The van der Waals surface area contributed by atoms with E-state index in [9.17, 15) is 4.79 Å². The zero-order valence-corrected chi connectivity index (χ0v) is 9.71. The smallest absolute Gasteiger partial charge is 0.323 e. The van der Waals surface area contributed by atoms with E-state index in [1.54, 1.807) is 48.5 Å². The maximum atomic E-state index is 11.6. The van der Waals surface area contributed by atoms with Gasteiger partial charge in [-0.05, 0) is 36.4 Å². The molecule has 0 aliphatic carbocycles. The topological polar surface area (TPSA) is 98.4 Å². The van der Waals surface area contributed by atoms with Crippen LogP contribution in [0.4, 0.5) is 27.5 Å². The first-order valence-corrected chi connectivity index (χ1v) is 5.38. The predicted molar refractivity (Wildman–Crippen MR) is 73.4 cm³/mol. The molecule has 0 spiro atoms. The van der Waals surface area contributed by atoms with Crippen LogP contribution >= 0.6 is 0 Å². The fourth-order valence-electron chi connectivity index (χ4n) is 1.73. The van der Waals surface area contributed by atoms with Gasteiger partial charge in [0.05, 0.1) is 11.4 Å². The number of nitrogens with two attached hydrogens (primary N) is 3. The van der Waals surface area contributed by atoms with Gasteiger partial charge in [0.15, 0.2) is 0 Å². The van der Waals surface area contributed by atoms with Crippen molar-refractivity contribution in [2.45, 2.75) is 0 Å². The van der Waals surface area contributed by atoms with Gasteiger partial charge in [0, 0.05) is 11.4 Å². The van der Waals surface area contributed by atoms with Crippen molar-refractivity contribution in [2.75, 3.05) is 16.4 Å². The summed E-state index contributed by atoms with van der Waals surface area (Å²) in [5.74, 6) is 0. The Morgan fingerprint density at radius 1 is 0.889 bits per heavy atom. The van der Waals surface area contributed by atoms with Crippen LogP contribution in [0.2, 0.25) is 0 Å². The zero-order chi connectivity index (χ0) is 13.1. The molecule has 0 radical (unpaired) electrons. The third-order valence-corrected chi connectivity index (χ3v) is 2.48. The van der Waals surface area contributed by atoms with Gasteiger partial charge >= 0.3 is 6.03 Å². The number of nitrogen functional groups attached to an aromatic ring is 2. The highest BCUT2D eigenvalue weighted by molar-refractivity contribution is 5.99. The summed E-state index contributed by atoms with van der Waals surface area (Å²) >= 11 is 0. The minimum Gasteiger partial charge on any atom is -0.399 e. The van der Waals surface area contributed by atoms with E-state index >= 15 is 0 Å². The van der Waals surface area contributed by atoms with Crippen molar-refractivity contribution in [1.82, 2.24) is 0 Å². The van der Waals surface area contributed by atoms with E-state index in [1.165, 1.54) is 4.90 Å². The maximum absolute atomic E-state index is 11.6. The molecule has 2 aromatic rings. The number of hydrogen-bond donors (Lipinski definition) is 3. The second-order valence-electron chi connectivity index (χ2n) is 3.86. The average Bonchev–Trinajstić information content (AvgIpc) is 2.28. The third kappa shape index (κ3) is 2.35. The number of benzene rings is 2. The fraction of sp³-hybridized carbons (Fsp3) is 0. The Balaban J connectivity index is 2.50. The van der Waals surface area contributed by atoms with E-state index in [1.807, 2.05) is 0 Å². The number of hydrogen-bond acceptors (Lipinski definition) is 3. The van der Waals surface area contributed by atoms with Gasteiger partial charge in [0.2, 0.25) is 0 Å². The molecule has 5 nitrogen and oxygen atoms in total. The number of rotatable bonds is 2. The highest BCUT2D eigenvalue weighted by Gasteiger charge is 2.15. The summed E-state index contributed by atoms with van der Waals surface area (Å²) in [7, 11) is 0. The lowest BCUT2D eigenvalue weighted by atomic mass is 10.2. The summed E-state index contributed by atoms with van der Waals surface area (Å²) in [4.78, 5) is 12.9. The minimum absolute atomic E-state index is 0.558. The van der Waals surface area contributed by atoms with Crippen LogP contribution in [0.25, 0.3) is 0 Å². The number of nitrogens with zero attached hydrogens (tertiary/aromatic N) is 1. The Labute approximate surface area is 105 Å². The number of urea groups is 1. The van der Waals surface area contributed by atoms with Gasteiger partial charge in [0.1, 0.15) is 0 Å².